The van der Waals surface area contributed by atoms with Crippen molar-refractivity contribution in [3.05, 3.63) is 29.3 Å². The van der Waals surface area contributed by atoms with Gasteiger partial charge in [0, 0.05) is 31.3 Å². The van der Waals surface area contributed by atoms with Crippen molar-refractivity contribution in [1.29, 1.82) is 5.26 Å². The van der Waals surface area contributed by atoms with Crippen molar-refractivity contribution in [2.24, 2.45) is 5.92 Å². The maximum absolute atomic E-state index is 10.9. The third kappa shape index (κ3) is 2.29. The first-order valence-electron chi connectivity index (χ1n) is 5.79. The van der Waals surface area contributed by atoms with E-state index in [0.29, 0.717) is 0 Å². The summed E-state index contributed by atoms with van der Waals surface area (Å²) in [4.78, 5) is 13.0. The van der Waals surface area contributed by atoms with E-state index in [4.69, 9.17) is 15.5 Å². The first-order chi connectivity index (χ1) is 8.65. The van der Waals surface area contributed by atoms with Gasteiger partial charge in [-0.15, -0.1) is 0 Å². The lowest BCUT2D eigenvalue weighted by molar-refractivity contribution is 0.0696. The molecule has 0 radical (unpaired) electrons. The fourth-order valence-corrected chi connectivity index (χ4v) is 2.22. The first kappa shape index (κ1) is 12.4. The monoisotopic (exact) mass is 246 g/mol. The van der Waals surface area contributed by atoms with Gasteiger partial charge in [-0.05, 0) is 24.6 Å². The van der Waals surface area contributed by atoms with Crippen molar-refractivity contribution in [2.45, 2.75) is 6.42 Å². The van der Waals surface area contributed by atoms with Crippen molar-refractivity contribution in [1.82, 2.24) is 0 Å². The van der Waals surface area contributed by atoms with Crippen LogP contribution in [0.15, 0.2) is 18.2 Å². The molecule has 1 aliphatic rings. The Morgan fingerprint density at radius 3 is 2.89 bits per heavy atom. The van der Waals surface area contributed by atoms with Gasteiger partial charge in [-0.25, -0.2) is 4.79 Å². The number of carboxylic acid groups (broad SMARTS) is 1. The molecule has 0 aromatic heterocycles. The van der Waals surface area contributed by atoms with Crippen LogP contribution in [0.3, 0.4) is 0 Å². The highest BCUT2D eigenvalue weighted by Crippen LogP contribution is 2.25. The fraction of sp³-hybridized carbons (Fsp3) is 0.385. The Morgan fingerprint density at radius 2 is 2.33 bits per heavy atom. The minimum Gasteiger partial charge on any atom is -0.478 e. The topological polar surface area (TPSA) is 84.6 Å². The zero-order valence-corrected chi connectivity index (χ0v) is 9.83. The Hall–Kier alpha value is -2.06. The number of nitrogens with zero attached hydrogens (tertiary/aromatic N) is 2. The molecule has 0 bridgehead atoms. The fourth-order valence-electron chi connectivity index (χ4n) is 2.22. The van der Waals surface area contributed by atoms with Gasteiger partial charge in [-0.3, -0.25) is 0 Å². The highest BCUT2D eigenvalue weighted by atomic mass is 16.4. The Balaban J connectivity index is 2.26. The molecule has 0 spiro atoms. The van der Waals surface area contributed by atoms with Crippen LogP contribution in [0.1, 0.15) is 22.3 Å². The lowest BCUT2D eigenvalue weighted by atomic mass is 10.1. The highest BCUT2D eigenvalue weighted by molar-refractivity contribution is 5.91. The molecule has 1 aromatic rings. The molecule has 2 rings (SSSR count). The molecular weight excluding hydrogens is 232 g/mol. The molecule has 1 aromatic carbocycles. The molecule has 1 heterocycles. The quantitative estimate of drug-likeness (QED) is 0.833. The van der Waals surface area contributed by atoms with Crippen molar-refractivity contribution in [3.63, 3.8) is 0 Å². The summed E-state index contributed by atoms with van der Waals surface area (Å²) in [5.74, 6) is -0.831. The highest BCUT2D eigenvalue weighted by Gasteiger charge is 2.23. The summed E-state index contributed by atoms with van der Waals surface area (Å²) in [5, 5.41) is 27.0. The minimum absolute atomic E-state index is 0.0270. The van der Waals surface area contributed by atoms with Crippen LogP contribution in [-0.4, -0.2) is 35.9 Å². The smallest absolute Gasteiger partial charge is 0.337 e. The summed E-state index contributed by atoms with van der Waals surface area (Å²) < 4.78 is 0. The van der Waals surface area contributed by atoms with E-state index < -0.39 is 5.97 Å². The number of benzene rings is 1. The summed E-state index contributed by atoms with van der Waals surface area (Å²) in [5.41, 5.74) is 1.04. The van der Waals surface area contributed by atoms with E-state index in [1.165, 1.54) is 6.07 Å². The number of hydrogen-bond acceptors (Lipinski definition) is 4. The van der Waals surface area contributed by atoms with Gasteiger partial charge in [0.25, 0.3) is 0 Å². The summed E-state index contributed by atoms with van der Waals surface area (Å²) in [6.07, 6.45) is 0.916. The molecule has 2 N–H and O–H groups in total. The van der Waals surface area contributed by atoms with E-state index in [2.05, 4.69) is 4.90 Å². The average molecular weight is 246 g/mol. The Kier molecular flexibility index (Phi) is 3.49. The zero-order chi connectivity index (χ0) is 13.1. The molecule has 94 valence electrons. The number of carboxylic acids is 1. The van der Waals surface area contributed by atoms with E-state index in [1.54, 1.807) is 12.1 Å². The van der Waals surface area contributed by atoms with Gasteiger partial charge in [-0.1, -0.05) is 0 Å². The SMILES string of the molecule is N#Cc1cc(N2CCC(CO)C2)ccc1C(=O)O. The predicted molar refractivity (Wildman–Crippen MR) is 65.5 cm³/mol. The Bertz CT molecular complexity index is 507. The largest absolute Gasteiger partial charge is 0.478 e. The van der Waals surface area contributed by atoms with E-state index in [1.807, 2.05) is 6.07 Å². The van der Waals surface area contributed by atoms with E-state index in [0.717, 1.165) is 25.2 Å². The molecule has 18 heavy (non-hydrogen) atoms. The summed E-state index contributed by atoms with van der Waals surface area (Å²) in [7, 11) is 0. The first-order valence-corrected chi connectivity index (χ1v) is 5.79. The normalized spacial score (nSPS) is 18.7. The van der Waals surface area contributed by atoms with E-state index in [-0.39, 0.29) is 23.7 Å². The molecule has 0 saturated carbocycles. The molecule has 5 heteroatoms. The van der Waals surface area contributed by atoms with Crippen LogP contribution in [0.2, 0.25) is 0 Å². The van der Waals surface area contributed by atoms with E-state index >= 15 is 0 Å². The standard InChI is InChI=1S/C13H14N2O3/c14-6-10-5-11(1-2-12(10)13(17)18)15-4-3-9(7-15)8-16/h1-2,5,9,16H,3-4,7-8H2,(H,17,18). The maximum atomic E-state index is 10.9. The van der Waals surface area contributed by atoms with Gasteiger partial charge in [0.05, 0.1) is 11.1 Å². The second-order valence-corrected chi connectivity index (χ2v) is 4.43. The lowest BCUT2D eigenvalue weighted by Crippen LogP contribution is -2.20. The molecule has 1 saturated heterocycles. The third-order valence-corrected chi connectivity index (χ3v) is 3.26. The maximum Gasteiger partial charge on any atom is 0.337 e. The molecule has 1 unspecified atom stereocenters. The van der Waals surface area contributed by atoms with Crippen LogP contribution in [0, 0.1) is 17.2 Å². The summed E-state index contributed by atoms with van der Waals surface area (Å²) >= 11 is 0. The average Bonchev–Trinajstić information content (AvgIpc) is 2.86. The molecule has 5 nitrogen and oxygen atoms in total. The number of aliphatic hydroxyl groups excluding tert-OH is 1. The molecule has 0 amide bonds. The summed E-state index contributed by atoms with van der Waals surface area (Å²) in [6, 6.07) is 6.68. The number of nitriles is 1. The Labute approximate surface area is 105 Å². The molecular formula is C13H14N2O3. The molecule has 1 aliphatic heterocycles. The second kappa shape index (κ2) is 5.07. The number of carbonyl (C=O) groups is 1. The van der Waals surface area contributed by atoms with Gasteiger partial charge in [0.1, 0.15) is 6.07 Å². The van der Waals surface area contributed by atoms with Gasteiger partial charge >= 0.3 is 5.97 Å². The summed E-state index contributed by atoms with van der Waals surface area (Å²) in [6.45, 7) is 1.73. The zero-order valence-electron chi connectivity index (χ0n) is 9.83. The van der Waals surface area contributed by atoms with Gasteiger partial charge < -0.3 is 15.1 Å². The van der Waals surface area contributed by atoms with Crippen LogP contribution in [0.4, 0.5) is 5.69 Å². The number of aromatic carboxylic acids is 1. The number of hydrogen-bond donors (Lipinski definition) is 2. The van der Waals surface area contributed by atoms with Crippen LogP contribution in [0.25, 0.3) is 0 Å². The van der Waals surface area contributed by atoms with Gasteiger partial charge in [0.2, 0.25) is 0 Å². The van der Waals surface area contributed by atoms with E-state index in [9.17, 15) is 4.79 Å². The predicted octanol–water partition coefficient (Wildman–Crippen LogP) is 1.08. The molecule has 1 atom stereocenters. The van der Waals surface area contributed by atoms with Crippen LogP contribution in [0.5, 0.6) is 0 Å². The third-order valence-electron chi connectivity index (χ3n) is 3.26. The van der Waals surface area contributed by atoms with Crippen molar-refractivity contribution in [2.75, 3.05) is 24.6 Å². The van der Waals surface area contributed by atoms with Crippen molar-refractivity contribution >= 4 is 11.7 Å². The molecule has 0 aliphatic carbocycles. The Morgan fingerprint density at radius 1 is 1.56 bits per heavy atom. The van der Waals surface area contributed by atoms with Gasteiger partial charge in [-0.2, -0.15) is 5.26 Å². The van der Waals surface area contributed by atoms with Crippen LogP contribution >= 0.6 is 0 Å². The van der Waals surface area contributed by atoms with Crippen molar-refractivity contribution < 1.29 is 15.0 Å². The van der Waals surface area contributed by atoms with Crippen LogP contribution < -0.4 is 4.90 Å². The number of aliphatic hydroxyl groups is 1. The number of rotatable bonds is 3. The van der Waals surface area contributed by atoms with Crippen LogP contribution in [-0.2, 0) is 0 Å². The van der Waals surface area contributed by atoms with Crippen molar-refractivity contribution in [3.8, 4) is 6.07 Å². The number of anilines is 1. The second-order valence-electron chi connectivity index (χ2n) is 4.43. The molecule has 1 fully saturated rings. The minimum atomic E-state index is -1.09. The lowest BCUT2D eigenvalue weighted by Gasteiger charge is -2.19. The van der Waals surface area contributed by atoms with Gasteiger partial charge in [0.15, 0.2) is 0 Å².